The minimum absolute atomic E-state index is 0.812. The molecule has 0 radical (unpaired) electrons. The van der Waals surface area contributed by atoms with Crippen molar-refractivity contribution in [2.75, 3.05) is 6.61 Å². The van der Waals surface area contributed by atoms with Crippen LogP contribution in [0.15, 0.2) is 24.3 Å². The van der Waals surface area contributed by atoms with Crippen molar-refractivity contribution in [1.82, 2.24) is 0 Å². The molecule has 23 heavy (non-hydrogen) atoms. The van der Waals surface area contributed by atoms with Gasteiger partial charge in [0.2, 0.25) is 0 Å². The molecule has 1 rings (SSSR count). The van der Waals surface area contributed by atoms with Gasteiger partial charge in [0.1, 0.15) is 5.75 Å². The van der Waals surface area contributed by atoms with Crippen LogP contribution in [0.25, 0.3) is 0 Å². The predicted molar refractivity (Wildman–Crippen MR) is 101 cm³/mol. The number of hydrogen-bond donors (Lipinski definition) is 0. The van der Waals surface area contributed by atoms with Crippen LogP contribution < -0.4 is 4.74 Å². The first-order valence-corrected chi connectivity index (χ1v) is 9.56. The molecule has 0 spiro atoms. The minimum Gasteiger partial charge on any atom is -0.494 e. The Hall–Kier alpha value is -1.42. The van der Waals surface area contributed by atoms with E-state index in [9.17, 15) is 0 Å². The largest absolute Gasteiger partial charge is 0.494 e. The Morgan fingerprint density at radius 3 is 1.70 bits per heavy atom. The zero-order chi connectivity index (χ0) is 16.6. The number of unbranched alkanes of at least 4 members (excludes halogenated alkanes) is 11. The van der Waals surface area contributed by atoms with Crippen LogP contribution in [0, 0.1) is 12.3 Å². The lowest BCUT2D eigenvalue weighted by Crippen LogP contribution is -1.97. The molecule has 0 aliphatic rings. The Bertz CT molecular complexity index is 413. The molecule has 0 saturated carbocycles. The van der Waals surface area contributed by atoms with Crippen molar-refractivity contribution in [3.63, 3.8) is 0 Å². The molecule has 1 nitrogen and oxygen atoms in total. The summed E-state index contributed by atoms with van der Waals surface area (Å²) in [6.45, 7) is 3.09. The highest BCUT2D eigenvalue weighted by Crippen LogP contribution is 2.14. The van der Waals surface area contributed by atoms with Gasteiger partial charge in [-0.25, -0.2) is 0 Å². The Morgan fingerprint density at radius 1 is 0.739 bits per heavy atom. The summed E-state index contributed by atoms with van der Waals surface area (Å²) < 4.78 is 5.73. The van der Waals surface area contributed by atoms with Crippen LogP contribution in [0.3, 0.4) is 0 Å². The molecule has 0 saturated heterocycles. The number of hydrogen-bond acceptors (Lipinski definition) is 1. The first-order chi connectivity index (χ1) is 11.4. The lowest BCUT2D eigenvalue weighted by atomic mass is 10.1. The summed E-state index contributed by atoms with van der Waals surface area (Å²) in [7, 11) is 0. The van der Waals surface area contributed by atoms with Gasteiger partial charge in [-0.3, -0.25) is 0 Å². The first-order valence-electron chi connectivity index (χ1n) is 9.56. The highest BCUT2D eigenvalue weighted by Gasteiger charge is 1.96. The highest BCUT2D eigenvalue weighted by atomic mass is 16.5. The summed E-state index contributed by atoms with van der Waals surface area (Å²) in [6, 6.07) is 7.76. The minimum atomic E-state index is 0.812. The van der Waals surface area contributed by atoms with Crippen LogP contribution in [-0.4, -0.2) is 6.61 Å². The van der Waals surface area contributed by atoms with E-state index in [4.69, 9.17) is 11.2 Å². The van der Waals surface area contributed by atoms with Gasteiger partial charge in [0.15, 0.2) is 0 Å². The fourth-order valence-corrected chi connectivity index (χ4v) is 2.78. The summed E-state index contributed by atoms with van der Waals surface area (Å²) in [5.41, 5.74) is 0.905. The fraction of sp³-hybridized carbons (Fsp3) is 0.636. The van der Waals surface area contributed by atoms with Gasteiger partial charge in [0.25, 0.3) is 0 Å². The van der Waals surface area contributed by atoms with E-state index >= 15 is 0 Å². The zero-order valence-electron chi connectivity index (χ0n) is 15.0. The molecule has 0 heterocycles. The van der Waals surface area contributed by atoms with Crippen molar-refractivity contribution < 1.29 is 4.74 Å². The average molecular weight is 315 g/mol. The van der Waals surface area contributed by atoms with E-state index in [1.165, 1.54) is 70.6 Å². The highest BCUT2D eigenvalue weighted by molar-refractivity contribution is 5.36. The molecule has 0 unspecified atom stereocenters. The summed E-state index contributed by atoms with van der Waals surface area (Å²) in [5.74, 6) is 3.54. The molecule has 0 amide bonds. The second-order valence-corrected chi connectivity index (χ2v) is 6.41. The van der Waals surface area contributed by atoms with Gasteiger partial charge >= 0.3 is 0 Å². The molecule has 0 atom stereocenters. The van der Waals surface area contributed by atoms with Crippen LogP contribution in [0.4, 0.5) is 0 Å². The van der Waals surface area contributed by atoms with E-state index in [-0.39, 0.29) is 0 Å². The van der Waals surface area contributed by atoms with Crippen LogP contribution in [0.5, 0.6) is 5.75 Å². The van der Waals surface area contributed by atoms with E-state index in [1.807, 2.05) is 24.3 Å². The molecule has 0 fully saturated rings. The van der Waals surface area contributed by atoms with Gasteiger partial charge in [-0.05, 0) is 30.7 Å². The Morgan fingerprint density at radius 2 is 1.22 bits per heavy atom. The second kappa shape index (κ2) is 14.2. The topological polar surface area (TPSA) is 9.23 Å². The smallest absolute Gasteiger partial charge is 0.119 e. The molecule has 0 aromatic heterocycles. The van der Waals surface area contributed by atoms with Crippen molar-refractivity contribution in [1.29, 1.82) is 0 Å². The van der Waals surface area contributed by atoms with Crippen LogP contribution >= 0.6 is 0 Å². The summed E-state index contributed by atoms with van der Waals surface area (Å²) >= 11 is 0. The molecular weight excluding hydrogens is 280 g/mol. The maximum atomic E-state index is 5.73. The lowest BCUT2D eigenvalue weighted by Gasteiger charge is -2.06. The Balaban J connectivity index is 1.83. The van der Waals surface area contributed by atoms with E-state index in [0.29, 0.717) is 0 Å². The predicted octanol–water partition coefficient (Wildman–Crippen LogP) is 6.75. The molecule has 1 heteroatoms. The third-order valence-electron chi connectivity index (χ3n) is 4.29. The van der Waals surface area contributed by atoms with Crippen LogP contribution in [-0.2, 0) is 0 Å². The van der Waals surface area contributed by atoms with Gasteiger partial charge in [-0.15, -0.1) is 6.42 Å². The Kier molecular flexibility index (Phi) is 12.1. The third kappa shape index (κ3) is 10.9. The van der Waals surface area contributed by atoms with Gasteiger partial charge in [-0.1, -0.05) is 83.5 Å². The molecule has 1 aromatic carbocycles. The normalized spacial score (nSPS) is 10.4. The maximum absolute atomic E-state index is 5.73. The summed E-state index contributed by atoms with van der Waals surface area (Å²) in [4.78, 5) is 0. The van der Waals surface area contributed by atoms with Crippen LogP contribution in [0.1, 0.15) is 89.5 Å². The number of rotatable bonds is 14. The van der Waals surface area contributed by atoms with Crippen molar-refractivity contribution >= 4 is 0 Å². The summed E-state index contributed by atoms with van der Waals surface area (Å²) in [6.07, 6.45) is 21.8. The van der Waals surface area contributed by atoms with Gasteiger partial charge in [0.05, 0.1) is 6.61 Å². The lowest BCUT2D eigenvalue weighted by molar-refractivity contribution is 0.304. The molecule has 0 aliphatic heterocycles. The standard InChI is InChI=1S/C22H34O/c1-3-5-6-7-8-9-10-11-12-13-14-15-20-23-22-18-16-21(4-2)17-19-22/h2,16-19H,3,5-15,20H2,1H3. The van der Waals surface area contributed by atoms with E-state index in [2.05, 4.69) is 12.8 Å². The van der Waals surface area contributed by atoms with Crippen molar-refractivity contribution in [3.05, 3.63) is 29.8 Å². The summed E-state index contributed by atoms with van der Waals surface area (Å²) in [5, 5.41) is 0. The fourth-order valence-electron chi connectivity index (χ4n) is 2.78. The zero-order valence-corrected chi connectivity index (χ0v) is 15.0. The number of terminal acetylenes is 1. The number of benzene rings is 1. The van der Waals surface area contributed by atoms with Crippen molar-refractivity contribution in [3.8, 4) is 18.1 Å². The average Bonchev–Trinajstić information content (AvgIpc) is 2.59. The third-order valence-corrected chi connectivity index (χ3v) is 4.29. The monoisotopic (exact) mass is 314 g/mol. The molecule has 0 N–H and O–H groups in total. The molecular formula is C22H34O. The Labute approximate surface area is 143 Å². The van der Waals surface area contributed by atoms with Gasteiger partial charge in [0, 0.05) is 5.56 Å². The van der Waals surface area contributed by atoms with E-state index in [1.54, 1.807) is 0 Å². The van der Waals surface area contributed by atoms with E-state index in [0.717, 1.165) is 24.3 Å². The molecule has 128 valence electrons. The SMILES string of the molecule is C#Cc1ccc(OCCCCCCCCCCCCCC)cc1. The number of ether oxygens (including phenoxy) is 1. The maximum Gasteiger partial charge on any atom is 0.119 e. The van der Waals surface area contributed by atoms with Crippen LogP contribution in [0.2, 0.25) is 0 Å². The van der Waals surface area contributed by atoms with Gasteiger partial charge < -0.3 is 4.74 Å². The molecule has 0 aliphatic carbocycles. The van der Waals surface area contributed by atoms with Crippen molar-refractivity contribution in [2.24, 2.45) is 0 Å². The van der Waals surface area contributed by atoms with Crippen molar-refractivity contribution in [2.45, 2.75) is 84.0 Å². The second-order valence-electron chi connectivity index (χ2n) is 6.41. The molecule has 0 bridgehead atoms. The van der Waals surface area contributed by atoms with Gasteiger partial charge in [-0.2, -0.15) is 0 Å². The van der Waals surface area contributed by atoms with E-state index < -0.39 is 0 Å². The molecule has 1 aromatic rings. The first kappa shape index (κ1) is 19.6. The quantitative estimate of drug-likeness (QED) is 0.273.